The van der Waals surface area contributed by atoms with Gasteiger partial charge in [0.15, 0.2) is 6.29 Å². The molecule has 0 aliphatic carbocycles. The lowest BCUT2D eigenvalue weighted by Crippen LogP contribution is -2.47. The molecule has 2 heterocycles. The molecule has 0 saturated carbocycles. The number of benzene rings is 1. The fourth-order valence-electron chi connectivity index (χ4n) is 2.87. The van der Waals surface area contributed by atoms with E-state index in [1.54, 1.807) is 12.3 Å². The number of aromatic nitrogens is 1. The molecule has 0 amide bonds. The number of likely N-dealkylation sites (N-methyl/N-ethyl adjacent to an activating group) is 1. The highest BCUT2D eigenvalue weighted by atomic mass is 16.1. The lowest BCUT2D eigenvalue weighted by atomic mass is 10.0. The molecule has 4 heteroatoms. The van der Waals surface area contributed by atoms with Gasteiger partial charge in [0, 0.05) is 25.8 Å². The first kappa shape index (κ1) is 13.8. The molecule has 1 aliphatic heterocycles. The third-order valence-electron chi connectivity index (χ3n) is 3.98. The summed E-state index contributed by atoms with van der Waals surface area (Å²) >= 11 is 0. The predicted octanol–water partition coefficient (Wildman–Crippen LogP) is 2.39. The summed E-state index contributed by atoms with van der Waals surface area (Å²) in [7, 11) is 2.13. The summed E-state index contributed by atoms with van der Waals surface area (Å²) in [4.78, 5) is 20.3. The summed E-state index contributed by atoms with van der Waals surface area (Å²) < 4.78 is 0. The number of rotatable bonds is 3. The van der Waals surface area contributed by atoms with Gasteiger partial charge in [0.25, 0.3) is 0 Å². The van der Waals surface area contributed by atoms with Gasteiger partial charge in [0.1, 0.15) is 5.82 Å². The van der Waals surface area contributed by atoms with Gasteiger partial charge in [-0.25, -0.2) is 4.98 Å². The van der Waals surface area contributed by atoms with Crippen LogP contribution in [-0.4, -0.2) is 42.9 Å². The van der Waals surface area contributed by atoms with Crippen molar-refractivity contribution >= 4 is 12.1 Å². The fraction of sp³-hybridized carbons (Fsp3) is 0.294. The second-order valence-electron chi connectivity index (χ2n) is 5.42. The number of carbonyl (C=O) groups is 1. The van der Waals surface area contributed by atoms with E-state index >= 15 is 0 Å². The average molecular weight is 281 g/mol. The zero-order valence-corrected chi connectivity index (χ0v) is 12.1. The summed E-state index contributed by atoms with van der Waals surface area (Å²) in [6, 6.07) is 14.3. The first-order chi connectivity index (χ1) is 10.3. The van der Waals surface area contributed by atoms with Crippen LogP contribution in [0.25, 0.3) is 0 Å². The number of aldehydes is 1. The number of carbonyl (C=O) groups excluding carboxylic acids is 1. The van der Waals surface area contributed by atoms with E-state index in [1.165, 1.54) is 5.56 Å². The maximum Gasteiger partial charge on any atom is 0.153 e. The van der Waals surface area contributed by atoms with E-state index in [1.807, 2.05) is 12.1 Å². The Morgan fingerprint density at radius 2 is 1.95 bits per heavy atom. The number of hydrogen-bond acceptors (Lipinski definition) is 4. The summed E-state index contributed by atoms with van der Waals surface area (Å²) in [5, 5.41) is 0. The van der Waals surface area contributed by atoms with E-state index in [4.69, 9.17) is 0 Å². The van der Waals surface area contributed by atoms with Gasteiger partial charge in [-0.3, -0.25) is 4.79 Å². The number of pyridine rings is 1. The largest absolute Gasteiger partial charge is 0.346 e. The Labute approximate surface area is 125 Å². The molecule has 1 fully saturated rings. The van der Waals surface area contributed by atoms with Crippen LogP contribution in [0.4, 0.5) is 5.82 Å². The van der Waals surface area contributed by atoms with Crippen LogP contribution >= 0.6 is 0 Å². The molecule has 1 saturated heterocycles. The monoisotopic (exact) mass is 281 g/mol. The topological polar surface area (TPSA) is 36.4 Å². The van der Waals surface area contributed by atoms with E-state index in [0.29, 0.717) is 5.56 Å². The second-order valence-corrected chi connectivity index (χ2v) is 5.42. The van der Waals surface area contributed by atoms with Gasteiger partial charge in [-0.2, -0.15) is 0 Å². The second kappa shape index (κ2) is 6.06. The highest BCUT2D eigenvalue weighted by molar-refractivity contribution is 5.82. The zero-order valence-electron chi connectivity index (χ0n) is 12.1. The molecule has 0 spiro atoms. The molecule has 1 unspecified atom stereocenters. The normalized spacial score (nSPS) is 19.5. The molecule has 0 bridgehead atoms. The van der Waals surface area contributed by atoms with Crippen molar-refractivity contribution < 1.29 is 4.79 Å². The summed E-state index contributed by atoms with van der Waals surface area (Å²) in [5.41, 5.74) is 1.91. The lowest BCUT2D eigenvalue weighted by molar-refractivity contribution is 0.112. The van der Waals surface area contributed by atoms with Crippen molar-refractivity contribution in [2.24, 2.45) is 0 Å². The molecular formula is C17H19N3O. The standard InChI is InChI=1S/C17H19N3O/c1-19-10-11-20(17-15(13-21)8-5-9-18-17)16(12-19)14-6-3-2-4-7-14/h2-9,13,16H,10-12H2,1H3. The molecule has 4 nitrogen and oxygen atoms in total. The maximum absolute atomic E-state index is 11.3. The third kappa shape index (κ3) is 2.81. The minimum Gasteiger partial charge on any atom is -0.346 e. The number of piperazine rings is 1. The first-order valence-corrected chi connectivity index (χ1v) is 7.20. The molecule has 1 atom stereocenters. The van der Waals surface area contributed by atoms with E-state index in [0.717, 1.165) is 31.7 Å². The predicted molar refractivity (Wildman–Crippen MR) is 83.7 cm³/mol. The molecular weight excluding hydrogens is 262 g/mol. The van der Waals surface area contributed by atoms with Crippen molar-refractivity contribution in [3.63, 3.8) is 0 Å². The van der Waals surface area contributed by atoms with Crippen LogP contribution in [0, 0.1) is 0 Å². The van der Waals surface area contributed by atoms with Gasteiger partial charge >= 0.3 is 0 Å². The summed E-state index contributed by atoms with van der Waals surface area (Å²) in [6.07, 6.45) is 2.64. The van der Waals surface area contributed by atoms with Gasteiger partial charge in [-0.05, 0) is 24.7 Å². The number of hydrogen-bond donors (Lipinski definition) is 0. The minimum absolute atomic E-state index is 0.221. The molecule has 0 N–H and O–H groups in total. The number of anilines is 1. The van der Waals surface area contributed by atoms with Gasteiger partial charge in [-0.15, -0.1) is 0 Å². The Kier molecular flexibility index (Phi) is 3.97. The SMILES string of the molecule is CN1CCN(c2ncccc2C=O)C(c2ccccc2)C1. The highest BCUT2D eigenvalue weighted by Crippen LogP contribution is 2.30. The van der Waals surface area contributed by atoms with Crippen molar-refractivity contribution in [3.8, 4) is 0 Å². The van der Waals surface area contributed by atoms with Crippen LogP contribution in [-0.2, 0) is 0 Å². The van der Waals surface area contributed by atoms with E-state index in [-0.39, 0.29) is 6.04 Å². The van der Waals surface area contributed by atoms with Crippen molar-refractivity contribution in [2.45, 2.75) is 6.04 Å². The summed E-state index contributed by atoms with van der Waals surface area (Å²) in [5.74, 6) is 0.787. The molecule has 1 aromatic heterocycles. The van der Waals surface area contributed by atoms with E-state index in [2.05, 4.69) is 46.1 Å². The smallest absolute Gasteiger partial charge is 0.153 e. The van der Waals surface area contributed by atoms with E-state index in [9.17, 15) is 4.79 Å². The van der Waals surface area contributed by atoms with Crippen LogP contribution in [0.3, 0.4) is 0 Å². The quantitative estimate of drug-likeness (QED) is 0.809. The van der Waals surface area contributed by atoms with Crippen LogP contribution in [0.15, 0.2) is 48.7 Å². The van der Waals surface area contributed by atoms with E-state index < -0.39 is 0 Å². The van der Waals surface area contributed by atoms with Crippen molar-refractivity contribution in [1.29, 1.82) is 0 Å². The Morgan fingerprint density at radius 1 is 1.14 bits per heavy atom. The van der Waals surface area contributed by atoms with Crippen LogP contribution < -0.4 is 4.90 Å². The molecule has 21 heavy (non-hydrogen) atoms. The molecule has 2 aromatic rings. The van der Waals surface area contributed by atoms with Crippen molar-refractivity contribution in [2.75, 3.05) is 31.6 Å². The van der Waals surface area contributed by atoms with Crippen LogP contribution in [0.5, 0.6) is 0 Å². The lowest BCUT2D eigenvalue weighted by Gasteiger charge is -2.41. The van der Waals surface area contributed by atoms with Crippen LogP contribution in [0.2, 0.25) is 0 Å². The summed E-state index contributed by atoms with van der Waals surface area (Å²) in [6.45, 7) is 2.77. The average Bonchev–Trinajstić information content (AvgIpc) is 2.55. The van der Waals surface area contributed by atoms with Crippen molar-refractivity contribution in [1.82, 2.24) is 9.88 Å². The van der Waals surface area contributed by atoms with Gasteiger partial charge in [-0.1, -0.05) is 30.3 Å². The zero-order chi connectivity index (χ0) is 14.7. The molecule has 1 aromatic carbocycles. The Balaban J connectivity index is 2.00. The van der Waals surface area contributed by atoms with Crippen molar-refractivity contribution in [3.05, 3.63) is 59.8 Å². The van der Waals surface area contributed by atoms with Gasteiger partial charge < -0.3 is 9.80 Å². The van der Waals surface area contributed by atoms with Gasteiger partial charge in [0.05, 0.1) is 11.6 Å². The van der Waals surface area contributed by atoms with Gasteiger partial charge in [0.2, 0.25) is 0 Å². The number of nitrogens with zero attached hydrogens (tertiary/aromatic N) is 3. The Bertz CT molecular complexity index is 614. The molecule has 108 valence electrons. The third-order valence-corrected chi connectivity index (χ3v) is 3.98. The fourth-order valence-corrected chi connectivity index (χ4v) is 2.87. The Hall–Kier alpha value is -2.20. The first-order valence-electron chi connectivity index (χ1n) is 7.20. The molecule has 3 rings (SSSR count). The maximum atomic E-state index is 11.3. The highest BCUT2D eigenvalue weighted by Gasteiger charge is 2.28. The van der Waals surface area contributed by atoms with Crippen LogP contribution in [0.1, 0.15) is 22.0 Å². The molecule has 0 radical (unpaired) electrons. The Morgan fingerprint density at radius 3 is 2.71 bits per heavy atom. The molecule has 1 aliphatic rings. The minimum atomic E-state index is 0.221.